The molecule has 1 aromatic heterocycles. The number of rotatable bonds is 8. The molecule has 34 heavy (non-hydrogen) atoms. The van der Waals surface area contributed by atoms with Crippen molar-refractivity contribution in [2.45, 2.75) is 19.3 Å². The molecule has 0 unspecified atom stereocenters. The van der Waals surface area contributed by atoms with E-state index in [1.165, 1.54) is 32.4 Å². The highest BCUT2D eigenvalue weighted by atomic mass is 16.5. The third-order valence-electron chi connectivity index (χ3n) is 6.37. The first-order valence-corrected chi connectivity index (χ1v) is 12.1. The minimum Gasteiger partial charge on any atom is -0.497 e. The summed E-state index contributed by atoms with van der Waals surface area (Å²) in [6.07, 6.45) is 3.98. The molecule has 1 saturated heterocycles. The molecule has 1 aliphatic rings. The van der Waals surface area contributed by atoms with Crippen molar-refractivity contribution < 1.29 is 9.47 Å². The van der Waals surface area contributed by atoms with E-state index in [0.717, 1.165) is 52.9 Å². The van der Waals surface area contributed by atoms with Gasteiger partial charge >= 0.3 is 0 Å². The number of benzene rings is 3. The zero-order valence-corrected chi connectivity index (χ0v) is 19.7. The molecule has 5 nitrogen and oxygen atoms in total. The minimum atomic E-state index is 0.726. The molecule has 0 saturated carbocycles. The van der Waals surface area contributed by atoms with Gasteiger partial charge in [-0.2, -0.15) is 5.10 Å². The van der Waals surface area contributed by atoms with Crippen molar-refractivity contribution in [1.82, 2.24) is 14.7 Å². The van der Waals surface area contributed by atoms with E-state index in [9.17, 15) is 0 Å². The highest BCUT2D eigenvalue weighted by Crippen LogP contribution is 2.30. The predicted molar refractivity (Wildman–Crippen MR) is 137 cm³/mol. The summed E-state index contributed by atoms with van der Waals surface area (Å²) in [5.74, 6) is 1.73. The second kappa shape index (κ2) is 10.6. The second-order valence-electron chi connectivity index (χ2n) is 8.67. The molecule has 0 radical (unpaired) electrons. The van der Waals surface area contributed by atoms with Gasteiger partial charge in [-0.1, -0.05) is 36.8 Å². The van der Waals surface area contributed by atoms with Gasteiger partial charge in [0.05, 0.1) is 24.2 Å². The number of nitrogens with zero attached hydrogens (tertiary/aromatic N) is 3. The number of piperidine rings is 1. The summed E-state index contributed by atoms with van der Waals surface area (Å²) in [5, 5.41) is 4.96. The molecule has 0 atom stereocenters. The zero-order valence-electron chi connectivity index (χ0n) is 19.7. The topological polar surface area (TPSA) is 39.5 Å². The summed E-state index contributed by atoms with van der Waals surface area (Å²) >= 11 is 0. The maximum atomic E-state index is 6.01. The Balaban J connectivity index is 1.36. The largest absolute Gasteiger partial charge is 0.497 e. The van der Waals surface area contributed by atoms with E-state index in [-0.39, 0.29) is 0 Å². The molecule has 4 aromatic rings. The molecular formula is C29H31N3O2. The van der Waals surface area contributed by atoms with Crippen LogP contribution >= 0.6 is 0 Å². The van der Waals surface area contributed by atoms with Crippen LogP contribution in [0.5, 0.6) is 11.5 Å². The quantitative estimate of drug-likeness (QED) is 0.324. The molecule has 0 N–H and O–H groups in total. The van der Waals surface area contributed by atoms with Crippen LogP contribution in [-0.4, -0.2) is 48.0 Å². The lowest BCUT2D eigenvalue weighted by molar-refractivity contribution is 0.183. The maximum absolute atomic E-state index is 6.01. The second-order valence-corrected chi connectivity index (χ2v) is 8.67. The molecule has 0 amide bonds. The van der Waals surface area contributed by atoms with Crippen molar-refractivity contribution in [3.8, 4) is 39.7 Å². The molecule has 0 spiro atoms. The van der Waals surface area contributed by atoms with Crippen molar-refractivity contribution in [1.29, 1.82) is 0 Å². The average molecular weight is 454 g/mol. The Morgan fingerprint density at radius 1 is 0.765 bits per heavy atom. The van der Waals surface area contributed by atoms with E-state index < -0.39 is 0 Å². The molecular weight excluding hydrogens is 422 g/mol. The number of likely N-dealkylation sites (tertiary alicyclic amines) is 1. The highest BCUT2D eigenvalue weighted by Gasteiger charge is 2.14. The zero-order chi connectivity index (χ0) is 23.2. The minimum absolute atomic E-state index is 0.726. The molecule has 2 heterocycles. The number of ether oxygens (including phenoxy) is 2. The van der Waals surface area contributed by atoms with Crippen LogP contribution in [0, 0.1) is 0 Å². The van der Waals surface area contributed by atoms with E-state index in [4.69, 9.17) is 14.6 Å². The average Bonchev–Trinajstić information content (AvgIpc) is 3.36. The molecule has 1 fully saturated rings. The van der Waals surface area contributed by atoms with Crippen LogP contribution in [0.15, 0.2) is 84.9 Å². The van der Waals surface area contributed by atoms with Crippen molar-refractivity contribution in [2.75, 3.05) is 33.4 Å². The lowest BCUT2D eigenvalue weighted by atomic mass is 10.1. The van der Waals surface area contributed by atoms with Gasteiger partial charge in [0.1, 0.15) is 18.1 Å². The lowest BCUT2D eigenvalue weighted by Crippen LogP contribution is -2.33. The van der Waals surface area contributed by atoms with Crippen LogP contribution < -0.4 is 9.47 Å². The number of hydrogen-bond acceptors (Lipinski definition) is 4. The fourth-order valence-corrected chi connectivity index (χ4v) is 4.45. The summed E-state index contributed by atoms with van der Waals surface area (Å²) in [6.45, 7) is 4.11. The van der Waals surface area contributed by atoms with E-state index in [1.807, 2.05) is 47.1 Å². The van der Waals surface area contributed by atoms with Crippen LogP contribution in [0.1, 0.15) is 19.3 Å². The van der Waals surface area contributed by atoms with E-state index >= 15 is 0 Å². The maximum Gasteiger partial charge on any atom is 0.119 e. The summed E-state index contributed by atoms with van der Waals surface area (Å²) in [5.41, 5.74) is 5.14. The SMILES string of the molecule is COc1ccc(-n2nc(-c3ccc(OCCN4CCCCC4)cc3)cc2-c2ccccc2)cc1. The summed E-state index contributed by atoms with van der Waals surface area (Å²) in [4.78, 5) is 2.49. The fraction of sp³-hybridized carbons (Fsp3) is 0.276. The number of aromatic nitrogens is 2. The first-order chi connectivity index (χ1) is 16.8. The van der Waals surface area contributed by atoms with Gasteiger partial charge in [0, 0.05) is 17.7 Å². The third kappa shape index (κ3) is 5.15. The van der Waals surface area contributed by atoms with Gasteiger partial charge < -0.3 is 9.47 Å². The first kappa shape index (κ1) is 22.2. The molecule has 0 aliphatic carbocycles. The number of hydrogen-bond donors (Lipinski definition) is 0. The van der Waals surface area contributed by atoms with Crippen LogP contribution in [-0.2, 0) is 0 Å². The van der Waals surface area contributed by atoms with Gasteiger partial charge in [0.2, 0.25) is 0 Å². The molecule has 0 bridgehead atoms. The van der Waals surface area contributed by atoms with E-state index in [1.54, 1.807) is 7.11 Å². The van der Waals surface area contributed by atoms with Gasteiger partial charge in [-0.05, 0) is 80.5 Å². The summed E-state index contributed by atoms with van der Waals surface area (Å²) in [7, 11) is 1.68. The number of methoxy groups -OCH3 is 1. The third-order valence-corrected chi connectivity index (χ3v) is 6.37. The van der Waals surface area contributed by atoms with Crippen LogP contribution in [0.4, 0.5) is 0 Å². The van der Waals surface area contributed by atoms with Gasteiger partial charge in [-0.3, -0.25) is 4.90 Å². The molecule has 174 valence electrons. The standard InChI is InChI=1S/C29H31N3O2/c1-33-26-16-12-25(13-17-26)32-29(24-8-4-2-5-9-24)22-28(30-32)23-10-14-27(15-11-23)34-21-20-31-18-6-3-7-19-31/h2,4-5,8-17,22H,3,6-7,18-21H2,1H3. The Morgan fingerprint density at radius 2 is 1.47 bits per heavy atom. The lowest BCUT2D eigenvalue weighted by Gasteiger charge is -2.26. The van der Waals surface area contributed by atoms with E-state index in [0.29, 0.717) is 0 Å². The Morgan fingerprint density at radius 3 is 2.18 bits per heavy atom. The van der Waals surface area contributed by atoms with Crippen LogP contribution in [0.25, 0.3) is 28.2 Å². The van der Waals surface area contributed by atoms with Crippen molar-refractivity contribution >= 4 is 0 Å². The Bertz CT molecular complexity index is 1180. The Labute approximate surface area is 201 Å². The van der Waals surface area contributed by atoms with E-state index in [2.05, 4.69) is 47.4 Å². The van der Waals surface area contributed by atoms with Crippen LogP contribution in [0.3, 0.4) is 0 Å². The smallest absolute Gasteiger partial charge is 0.119 e. The molecule has 1 aliphatic heterocycles. The highest BCUT2D eigenvalue weighted by molar-refractivity contribution is 5.70. The van der Waals surface area contributed by atoms with Gasteiger partial charge in [-0.25, -0.2) is 4.68 Å². The van der Waals surface area contributed by atoms with Crippen LogP contribution in [0.2, 0.25) is 0 Å². The summed E-state index contributed by atoms with van der Waals surface area (Å²) < 4.78 is 13.3. The van der Waals surface area contributed by atoms with Gasteiger partial charge in [-0.15, -0.1) is 0 Å². The molecule has 5 rings (SSSR count). The monoisotopic (exact) mass is 453 g/mol. The Hall–Kier alpha value is -3.57. The first-order valence-electron chi connectivity index (χ1n) is 12.1. The Kier molecular flexibility index (Phi) is 6.91. The van der Waals surface area contributed by atoms with Gasteiger partial charge in [0.15, 0.2) is 0 Å². The predicted octanol–water partition coefficient (Wildman–Crippen LogP) is 6.08. The fourth-order valence-electron chi connectivity index (χ4n) is 4.45. The normalized spacial score (nSPS) is 14.1. The van der Waals surface area contributed by atoms with Crippen molar-refractivity contribution in [2.24, 2.45) is 0 Å². The summed E-state index contributed by atoms with van der Waals surface area (Å²) in [6, 6.07) is 28.7. The van der Waals surface area contributed by atoms with Crippen molar-refractivity contribution in [3.63, 3.8) is 0 Å². The molecule has 5 heteroatoms. The van der Waals surface area contributed by atoms with Crippen molar-refractivity contribution in [3.05, 3.63) is 84.9 Å². The van der Waals surface area contributed by atoms with Gasteiger partial charge in [0.25, 0.3) is 0 Å². The molecule has 3 aromatic carbocycles.